The molecule has 0 aliphatic carbocycles. The summed E-state index contributed by atoms with van der Waals surface area (Å²) in [5, 5.41) is 0. The van der Waals surface area contributed by atoms with Crippen LogP contribution in [0.4, 0.5) is 0 Å². The monoisotopic (exact) mass is 196 g/mol. The predicted molar refractivity (Wildman–Crippen MR) is 48.2 cm³/mol. The molecule has 1 aromatic rings. The Balaban J connectivity index is 3.10. The fraction of sp³-hybridized carbons (Fsp3) is 0.222. The highest BCUT2D eigenvalue weighted by Crippen LogP contribution is 2.32. The van der Waals surface area contributed by atoms with E-state index in [4.69, 9.17) is 0 Å². The Morgan fingerprint density at radius 3 is 2.15 bits per heavy atom. The van der Waals surface area contributed by atoms with Crippen molar-refractivity contribution in [2.75, 3.05) is 0 Å². The second kappa shape index (κ2) is 4.15. The van der Waals surface area contributed by atoms with Gasteiger partial charge in [-0.2, -0.15) is 0 Å². The van der Waals surface area contributed by atoms with E-state index in [9.17, 15) is 13.9 Å². The van der Waals surface area contributed by atoms with E-state index in [1.807, 2.05) is 0 Å². The van der Waals surface area contributed by atoms with Crippen molar-refractivity contribution in [2.24, 2.45) is 0 Å². The van der Waals surface area contributed by atoms with E-state index in [2.05, 4.69) is 0 Å². The summed E-state index contributed by atoms with van der Waals surface area (Å²) in [5.74, 6) is -0.345. The summed E-state index contributed by atoms with van der Waals surface area (Å²) in [6.45, 7) is 1.28. The lowest BCUT2D eigenvalue weighted by atomic mass is 10.1. The van der Waals surface area contributed by atoms with E-state index < -0.39 is 13.3 Å². The predicted octanol–water partition coefficient (Wildman–Crippen LogP) is 2.49. The summed E-state index contributed by atoms with van der Waals surface area (Å²) < 4.78 is 21.5. The van der Waals surface area contributed by atoms with Gasteiger partial charge in [-0.15, -0.1) is 0 Å². The molecule has 3 nitrogen and oxygen atoms in total. The molecule has 4 heteroatoms. The minimum atomic E-state index is -2.73. The SMILES string of the molecule is CC(=O)C(c1ccccc1)P(=O)=O. The van der Waals surface area contributed by atoms with Gasteiger partial charge in [0.15, 0.2) is 11.4 Å². The zero-order valence-electron chi connectivity index (χ0n) is 7.14. The van der Waals surface area contributed by atoms with Crippen LogP contribution in [0.2, 0.25) is 0 Å². The smallest absolute Gasteiger partial charge is 0.298 e. The molecule has 0 spiro atoms. The first kappa shape index (κ1) is 9.87. The molecule has 0 amide bonds. The maximum Gasteiger partial charge on any atom is 0.330 e. The number of hydrogen-bond acceptors (Lipinski definition) is 3. The fourth-order valence-electron chi connectivity index (χ4n) is 1.14. The lowest BCUT2D eigenvalue weighted by molar-refractivity contribution is -0.116. The van der Waals surface area contributed by atoms with Gasteiger partial charge in [-0.3, -0.25) is 4.79 Å². The molecule has 0 aromatic heterocycles. The van der Waals surface area contributed by atoms with E-state index >= 15 is 0 Å². The van der Waals surface area contributed by atoms with Crippen molar-refractivity contribution in [2.45, 2.75) is 12.6 Å². The van der Waals surface area contributed by atoms with E-state index in [1.165, 1.54) is 6.92 Å². The molecule has 0 aliphatic rings. The largest absolute Gasteiger partial charge is 0.330 e. The number of carbonyl (C=O) groups excluding carboxylic acids is 1. The Kier molecular flexibility index (Phi) is 3.15. The van der Waals surface area contributed by atoms with Crippen LogP contribution in [0.3, 0.4) is 0 Å². The summed E-state index contributed by atoms with van der Waals surface area (Å²) >= 11 is 0. The van der Waals surface area contributed by atoms with Gasteiger partial charge in [-0.1, -0.05) is 30.3 Å². The number of hydrogen-bond donors (Lipinski definition) is 0. The number of rotatable bonds is 3. The summed E-state index contributed by atoms with van der Waals surface area (Å²) in [6.07, 6.45) is 0. The Morgan fingerprint density at radius 2 is 1.77 bits per heavy atom. The Hall–Kier alpha value is -1.21. The van der Waals surface area contributed by atoms with Crippen LogP contribution in [-0.4, -0.2) is 5.78 Å². The van der Waals surface area contributed by atoms with E-state index in [1.54, 1.807) is 30.3 Å². The average Bonchev–Trinajstić information content (AvgIpc) is 2.04. The van der Waals surface area contributed by atoms with Gasteiger partial charge in [-0.25, -0.2) is 9.13 Å². The van der Waals surface area contributed by atoms with Crippen LogP contribution in [0, 0.1) is 0 Å². The number of ketones is 1. The molecule has 0 aliphatic heterocycles. The molecule has 1 unspecified atom stereocenters. The maximum atomic E-state index is 11.0. The first-order chi connectivity index (χ1) is 6.13. The van der Waals surface area contributed by atoms with Crippen LogP contribution in [0.5, 0.6) is 0 Å². The van der Waals surface area contributed by atoms with Gasteiger partial charge >= 0.3 is 7.68 Å². The molecule has 1 rings (SSSR count). The molecule has 0 saturated carbocycles. The van der Waals surface area contributed by atoms with Gasteiger partial charge in [0.2, 0.25) is 0 Å². The standard InChI is InChI=1S/C9H9O3P/c1-7(10)9(13(11)12)8-5-3-2-4-6-8/h2-6,9H,1H3. The quantitative estimate of drug-likeness (QED) is 0.698. The van der Waals surface area contributed by atoms with E-state index in [0.717, 1.165) is 0 Å². The highest BCUT2D eigenvalue weighted by molar-refractivity contribution is 7.32. The summed E-state index contributed by atoms with van der Waals surface area (Å²) in [6, 6.07) is 8.47. The summed E-state index contributed by atoms with van der Waals surface area (Å²) in [4.78, 5) is 11.0. The van der Waals surface area contributed by atoms with Crippen molar-refractivity contribution >= 4 is 13.5 Å². The Labute approximate surface area is 76.6 Å². The molecule has 0 saturated heterocycles. The molecule has 0 N–H and O–H groups in total. The van der Waals surface area contributed by atoms with Gasteiger partial charge in [0.05, 0.1) is 0 Å². The van der Waals surface area contributed by atoms with E-state index in [-0.39, 0.29) is 5.78 Å². The third-order valence-corrected chi connectivity index (χ3v) is 2.79. The van der Waals surface area contributed by atoms with Crippen molar-refractivity contribution in [1.29, 1.82) is 0 Å². The first-order valence-electron chi connectivity index (χ1n) is 3.82. The van der Waals surface area contributed by atoms with Crippen molar-refractivity contribution in [3.63, 3.8) is 0 Å². The van der Waals surface area contributed by atoms with Crippen LogP contribution in [0.25, 0.3) is 0 Å². The molecule has 1 atom stereocenters. The van der Waals surface area contributed by atoms with Crippen molar-refractivity contribution in [1.82, 2.24) is 0 Å². The Bertz CT molecular complexity index is 360. The third kappa shape index (κ3) is 2.36. The molecular formula is C9H9O3P. The number of benzene rings is 1. The molecule has 68 valence electrons. The summed E-state index contributed by atoms with van der Waals surface area (Å²) in [5.41, 5.74) is -0.456. The topological polar surface area (TPSA) is 51.2 Å². The second-order valence-corrected chi connectivity index (χ2v) is 3.80. The fourth-order valence-corrected chi connectivity index (χ4v) is 1.85. The zero-order chi connectivity index (χ0) is 9.84. The minimum absolute atomic E-state index is 0.345. The maximum absolute atomic E-state index is 11.0. The zero-order valence-corrected chi connectivity index (χ0v) is 8.03. The molecule has 1 aromatic carbocycles. The van der Waals surface area contributed by atoms with Gasteiger partial charge in [0, 0.05) is 0 Å². The second-order valence-electron chi connectivity index (χ2n) is 2.71. The summed E-state index contributed by atoms with van der Waals surface area (Å²) in [7, 11) is -2.73. The van der Waals surface area contributed by atoms with E-state index in [0.29, 0.717) is 5.56 Å². The molecule has 0 bridgehead atoms. The molecule has 0 heterocycles. The molecule has 0 fully saturated rings. The number of carbonyl (C=O) groups is 1. The van der Waals surface area contributed by atoms with Crippen LogP contribution in [0.1, 0.15) is 18.1 Å². The Morgan fingerprint density at radius 1 is 1.23 bits per heavy atom. The lowest BCUT2D eigenvalue weighted by Crippen LogP contribution is -2.02. The first-order valence-corrected chi connectivity index (χ1v) is 5.06. The normalized spacial score (nSPS) is 12.1. The third-order valence-electron chi connectivity index (χ3n) is 1.71. The highest BCUT2D eigenvalue weighted by Gasteiger charge is 2.21. The van der Waals surface area contributed by atoms with Crippen LogP contribution in [0.15, 0.2) is 30.3 Å². The van der Waals surface area contributed by atoms with Crippen LogP contribution < -0.4 is 0 Å². The lowest BCUT2D eigenvalue weighted by Gasteiger charge is -2.03. The minimum Gasteiger partial charge on any atom is -0.298 e. The van der Waals surface area contributed by atoms with Crippen molar-refractivity contribution < 1.29 is 13.9 Å². The number of Topliss-reactive ketones (excluding diaryl/α,β-unsaturated/α-hetero) is 1. The molecule has 13 heavy (non-hydrogen) atoms. The van der Waals surface area contributed by atoms with Gasteiger partial charge in [-0.05, 0) is 12.5 Å². The van der Waals surface area contributed by atoms with Crippen LogP contribution >= 0.6 is 7.68 Å². The highest BCUT2D eigenvalue weighted by atomic mass is 31.1. The van der Waals surface area contributed by atoms with Gasteiger partial charge in [0.25, 0.3) is 0 Å². The van der Waals surface area contributed by atoms with Crippen molar-refractivity contribution in [3.8, 4) is 0 Å². The molecule has 0 radical (unpaired) electrons. The van der Waals surface area contributed by atoms with Crippen molar-refractivity contribution in [3.05, 3.63) is 35.9 Å². The van der Waals surface area contributed by atoms with Crippen LogP contribution in [-0.2, 0) is 13.9 Å². The average molecular weight is 196 g/mol. The van der Waals surface area contributed by atoms with Gasteiger partial charge in [0.1, 0.15) is 0 Å². The molecular weight excluding hydrogens is 187 g/mol. The van der Waals surface area contributed by atoms with Gasteiger partial charge < -0.3 is 0 Å².